The summed E-state index contributed by atoms with van der Waals surface area (Å²) in [7, 11) is 0. The van der Waals surface area contributed by atoms with Crippen molar-refractivity contribution in [3.8, 4) is 0 Å². The summed E-state index contributed by atoms with van der Waals surface area (Å²) in [5.41, 5.74) is 0.665. The number of hydrogen-bond acceptors (Lipinski definition) is 4. The van der Waals surface area contributed by atoms with Gasteiger partial charge in [0.05, 0.1) is 6.61 Å². The Kier molecular flexibility index (Phi) is 7.40. The normalized spacial score (nSPS) is 19.0. The molecule has 2 saturated heterocycles. The average Bonchev–Trinajstić information content (AvgIpc) is 3.38. The number of nitrogens with zero attached hydrogens (tertiary/aromatic N) is 2. The molecule has 4 heteroatoms. The molecule has 0 bridgehead atoms. The minimum absolute atomic E-state index is 0.188. The second-order valence-electron chi connectivity index (χ2n) is 6.61. The van der Waals surface area contributed by atoms with Gasteiger partial charge in [-0.3, -0.25) is 4.90 Å². The van der Waals surface area contributed by atoms with Crippen molar-refractivity contribution in [2.75, 3.05) is 39.3 Å². The topological polar surface area (TPSA) is 32.3 Å². The van der Waals surface area contributed by atoms with Crippen molar-refractivity contribution in [3.05, 3.63) is 12.2 Å². The van der Waals surface area contributed by atoms with E-state index >= 15 is 0 Å². The van der Waals surface area contributed by atoms with Crippen LogP contribution in [0.3, 0.4) is 0 Å². The lowest BCUT2D eigenvalue weighted by Crippen LogP contribution is -2.27. The highest BCUT2D eigenvalue weighted by molar-refractivity contribution is 5.89. The molecule has 0 aliphatic carbocycles. The Morgan fingerprint density at radius 1 is 1.09 bits per heavy atom. The first-order valence-electron chi connectivity index (χ1n) is 9.04. The monoisotopic (exact) mass is 308 g/mol. The zero-order valence-corrected chi connectivity index (χ0v) is 14.2. The second-order valence-corrected chi connectivity index (χ2v) is 6.61. The predicted octanol–water partition coefficient (Wildman–Crippen LogP) is 2.84. The summed E-state index contributed by atoms with van der Waals surface area (Å²) in [6.45, 7) is 12.7. The third-order valence-corrected chi connectivity index (χ3v) is 4.56. The summed E-state index contributed by atoms with van der Waals surface area (Å²) in [6, 6.07) is 0.210. The molecule has 0 aromatic heterocycles. The van der Waals surface area contributed by atoms with Gasteiger partial charge in [0.25, 0.3) is 0 Å². The number of esters is 1. The number of ether oxygens (including phenoxy) is 1. The van der Waals surface area contributed by atoms with Crippen molar-refractivity contribution < 1.29 is 9.53 Å². The third kappa shape index (κ3) is 6.49. The Bertz CT molecular complexity index is 362. The Balaban J connectivity index is 1.60. The maximum Gasteiger partial charge on any atom is 0.335 e. The molecule has 2 aliphatic rings. The molecule has 126 valence electrons. The maximum absolute atomic E-state index is 12.1. The van der Waals surface area contributed by atoms with Gasteiger partial charge in [-0.15, -0.1) is 0 Å². The molecule has 22 heavy (non-hydrogen) atoms. The largest absolute Gasteiger partial charge is 0.462 e. The highest BCUT2D eigenvalue weighted by Gasteiger charge is 2.32. The van der Waals surface area contributed by atoms with Crippen molar-refractivity contribution in [2.24, 2.45) is 0 Å². The Labute approximate surface area is 135 Å². The summed E-state index contributed by atoms with van der Waals surface area (Å²) in [4.78, 5) is 16.9. The lowest BCUT2D eigenvalue weighted by atomic mass is 10.0. The zero-order chi connectivity index (χ0) is 15.8. The van der Waals surface area contributed by atoms with Crippen LogP contribution in [0, 0.1) is 0 Å². The number of rotatable bonds is 13. The van der Waals surface area contributed by atoms with Crippen LogP contribution in [0.25, 0.3) is 0 Å². The van der Waals surface area contributed by atoms with Crippen LogP contribution in [-0.2, 0) is 9.53 Å². The fourth-order valence-corrected chi connectivity index (χ4v) is 2.81. The SMILES string of the molecule is C=C(C(=O)OCCCC)C(CCCCCCN1CC1)N1CC1. The van der Waals surface area contributed by atoms with E-state index in [4.69, 9.17) is 4.74 Å². The van der Waals surface area contributed by atoms with E-state index in [0.29, 0.717) is 12.2 Å². The first-order chi connectivity index (χ1) is 10.7. The molecule has 0 aromatic rings. The molecule has 2 aliphatic heterocycles. The predicted molar refractivity (Wildman–Crippen MR) is 89.9 cm³/mol. The van der Waals surface area contributed by atoms with Gasteiger partial charge in [-0.1, -0.05) is 39.2 Å². The molecule has 0 aromatic carbocycles. The van der Waals surface area contributed by atoms with E-state index < -0.39 is 0 Å². The van der Waals surface area contributed by atoms with Crippen molar-refractivity contribution in [1.82, 2.24) is 9.80 Å². The molecule has 0 spiro atoms. The highest BCUT2D eigenvalue weighted by Crippen LogP contribution is 2.23. The number of unbranched alkanes of at least 4 members (excludes halogenated alkanes) is 4. The van der Waals surface area contributed by atoms with Crippen LogP contribution in [0.4, 0.5) is 0 Å². The Hall–Kier alpha value is -0.870. The highest BCUT2D eigenvalue weighted by atomic mass is 16.5. The molecule has 0 saturated carbocycles. The molecule has 2 rings (SSSR count). The second kappa shape index (κ2) is 9.31. The third-order valence-electron chi connectivity index (χ3n) is 4.56. The first-order valence-corrected chi connectivity index (χ1v) is 9.04. The van der Waals surface area contributed by atoms with E-state index in [0.717, 1.165) is 32.4 Å². The maximum atomic E-state index is 12.1. The van der Waals surface area contributed by atoms with Gasteiger partial charge in [0.15, 0.2) is 0 Å². The van der Waals surface area contributed by atoms with Gasteiger partial charge in [-0.05, 0) is 25.8 Å². The average molecular weight is 308 g/mol. The van der Waals surface area contributed by atoms with Crippen molar-refractivity contribution >= 4 is 5.97 Å². The van der Waals surface area contributed by atoms with E-state index in [9.17, 15) is 4.79 Å². The van der Waals surface area contributed by atoms with E-state index in [1.807, 2.05) is 0 Å². The van der Waals surface area contributed by atoms with Crippen LogP contribution in [-0.4, -0.2) is 61.1 Å². The lowest BCUT2D eigenvalue weighted by Gasteiger charge is -2.19. The molecule has 0 N–H and O–H groups in total. The first kappa shape index (κ1) is 17.5. The molecule has 2 fully saturated rings. The van der Waals surface area contributed by atoms with Crippen LogP contribution in [0.5, 0.6) is 0 Å². The van der Waals surface area contributed by atoms with Crippen LogP contribution >= 0.6 is 0 Å². The van der Waals surface area contributed by atoms with Crippen LogP contribution in [0.2, 0.25) is 0 Å². The van der Waals surface area contributed by atoms with Gasteiger partial charge >= 0.3 is 5.97 Å². The molecular weight excluding hydrogens is 276 g/mol. The lowest BCUT2D eigenvalue weighted by molar-refractivity contribution is -0.139. The van der Waals surface area contributed by atoms with Gasteiger partial charge in [0, 0.05) is 37.8 Å². The van der Waals surface area contributed by atoms with Crippen LogP contribution in [0.1, 0.15) is 51.9 Å². The minimum Gasteiger partial charge on any atom is -0.462 e. The zero-order valence-electron chi connectivity index (χ0n) is 14.2. The smallest absolute Gasteiger partial charge is 0.335 e. The van der Waals surface area contributed by atoms with E-state index in [1.165, 1.54) is 45.3 Å². The van der Waals surface area contributed by atoms with Crippen molar-refractivity contribution in [2.45, 2.75) is 57.9 Å². The summed E-state index contributed by atoms with van der Waals surface area (Å²) < 4.78 is 5.31. The molecule has 1 unspecified atom stereocenters. The molecular formula is C18H32N2O2. The van der Waals surface area contributed by atoms with Crippen molar-refractivity contribution in [3.63, 3.8) is 0 Å². The van der Waals surface area contributed by atoms with Gasteiger partial charge < -0.3 is 9.64 Å². The van der Waals surface area contributed by atoms with Gasteiger partial charge in [0.1, 0.15) is 0 Å². The molecule has 4 nitrogen and oxygen atoms in total. The van der Waals surface area contributed by atoms with Crippen molar-refractivity contribution in [1.29, 1.82) is 0 Å². The van der Waals surface area contributed by atoms with Crippen LogP contribution in [0.15, 0.2) is 12.2 Å². The van der Waals surface area contributed by atoms with Gasteiger partial charge in [-0.2, -0.15) is 0 Å². The number of carbonyl (C=O) groups excluding carboxylic acids is 1. The fraction of sp³-hybridized carbons (Fsp3) is 0.833. The van der Waals surface area contributed by atoms with Crippen LogP contribution < -0.4 is 0 Å². The Morgan fingerprint density at radius 2 is 1.82 bits per heavy atom. The summed E-state index contributed by atoms with van der Waals surface area (Å²) in [5, 5.41) is 0. The summed E-state index contributed by atoms with van der Waals surface area (Å²) in [5.74, 6) is -0.188. The number of hydrogen-bond donors (Lipinski definition) is 0. The number of carbonyl (C=O) groups is 1. The standard InChI is InChI=1S/C18H32N2O2/c1-3-4-15-22-18(21)16(2)17(20-13-14-20)9-7-5-6-8-10-19-11-12-19/h17H,2-15H2,1H3. The van der Waals surface area contributed by atoms with E-state index in [2.05, 4.69) is 23.3 Å². The summed E-state index contributed by atoms with van der Waals surface area (Å²) >= 11 is 0. The minimum atomic E-state index is -0.188. The van der Waals surface area contributed by atoms with Gasteiger partial charge in [0.2, 0.25) is 0 Å². The fourth-order valence-electron chi connectivity index (χ4n) is 2.81. The molecule has 1 atom stereocenters. The molecule has 2 heterocycles. The van der Waals surface area contributed by atoms with E-state index in [1.54, 1.807) is 0 Å². The Morgan fingerprint density at radius 3 is 2.45 bits per heavy atom. The molecule has 0 amide bonds. The van der Waals surface area contributed by atoms with Gasteiger partial charge in [-0.25, -0.2) is 4.79 Å². The molecule has 0 radical (unpaired) electrons. The summed E-state index contributed by atoms with van der Waals surface area (Å²) in [6.07, 6.45) is 8.09. The quantitative estimate of drug-likeness (QED) is 0.227. The van der Waals surface area contributed by atoms with E-state index in [-0.39, 0.29) is 12.0 Å².